The number of carbonyl (C=O) groups is 1. The van der Waals surface area contributed by atoms with Gasteiger partial charge in [-0.25, -0.2) is 19.3 Å². The molecule has 0 saturated heterocycles. The maximum absolute atomic E-state index is 11.8. The van der Waals surface area contributed by atoms with Crippen molar-refractivity contribution >= 4 is 28.0 Å². The molecule has 124 valence electrons. The zero-order chi connectivity index (χ0) is 16.7. The first-order chi connectivity index (χ1) is 11.7. The van der Waals surface area contributed by atoms with Gasteiger partial charge in [0.25, 0.3) is 0 Å². The molecule has 1 atom stereocenters. The van der Waals surface area contributed by atoms with E-state index in [4.69, 9.17) is 4.74 Å². The first-order valence-electron chi connectivity index (χ1n) is 7.81. The number of aromatic nitrogens is 4. The molecule has 0 radical (unpaired) electrons. The van der Waals surface area contributed by atoms with Crippen LogP contribution in [0.25, 0.3) is 16.2 Å². The van der Waals surface area contributed by atoms with Crippen molar-refractivity contribution in [1.29, 1.82) is 0 Å². The van der Waals surface area contributed by atoms with Crippen LogP contribution < -0.4 is 5.32 Å². The van der Waals surface area contributed by atoms with Gasteiger partial charge in [0.1, 0.15) is 4.83 Å². The lowest BCUT2D eigenvalue weighted by Crippen LogP contribution is -2.18. The summed E-state index contributed by atoms with van der Waals surface area (Å²) in [7, 11) is 1.34. The van der Waals surface area contributed by atoms with Crippen molar-refractivity contribution < 1.29 is 9.53 Å². The van der Waals surface area contributed by atoms with Gasteiger partial charge in [-0.3, -0.25) is 0 Å². The van der Waals surface area contributed by atoms with Gasteiger partial charge in [0.05, 0.1) is 12.7 Å². The molecule has 0 aliphatic heterocycles. The zero-order valence-electron chi connectivity index (χ0n) is 13.4. The number of ether oxygens (including phenoxy) is 1. The summed E-state index contributed by atoms with van der Waals surface area (Å²) in [5, 5.41) is 10.1. The molecule has 3 aromatic rings. The van der Waals surface area contributed by atoms with E-state index in [1.165, 1.54) is 20.0 Å². The van der Waals surface area contributed by atoms with Crippen molar-refractivity contribution in [1.82, 2.24) is 19.6 Å². The Morgan fingerprint density at radius 2 is 2.33 bits per heavy atom. The third-order valence-corrected chi connectivity index (χ3v) is 5.09. The SMILES string of the molecule is COC(=O)c1ccnc(-c2c(N[C@@H](C)C3CC3)nn3ccsc23)n1. The highest BCUT2D eigenvalue weighted by atomic mass is 32.1. The number of thiazole rings is 1. The number of anilines is 1. The predicted molar refractivity (Wildman–Crippen MR) is 91.2 cm³/mol. The van der Waals surface area contributed by atoms with Crippen LogP contribution in [-0.4, -0.2) is 38.7 Å². The lowest BCUT2D eigenvalue weighted by Gasteiger charge is -2.13. The Balaban J connectivity index is 1.79. The highest BCUT2D eigenvalue weighted by molar-refractivity contribution is 7.16. The lowest BCUT2D eigenvalue weighted by atomic mass is 10.2. The van der Waals surface area contributed by atoms with E-state index in [1.807, 2.05) is 16.1 Å². The maximum Gasteiger partial charge on any atom is 0.356 e. The molecular weight excluding hydrogens is 326 g/mol. The average Bonchev–Trinajstić information content (AvgIpc) is 3.27. The van der Waals surface area contributed by atoms with E-state index in [0.717, 1.165) is 16.2 Å². The van der Waals surface area contributed by atoms with Crippen molar-refractivity contribution in [2.24, 2.45) is 5.92 Å². The average molecular weight is 343 g/mol. The van der Waals surface area contributed by atoms with Crippen LogP contribution >= 0.6 is 11.3 Å². The highest BCUT2D eigenvalue weighted by Crippen LogP contribution is 2.37. The van der Waals surface area contributed by atoms with Crippen molar-refractivity contribution in [2.45, 2.75) is 25.8 Å². The van der Waals surface area contributed by atoms with Crippen LogP contribution in [-0.2, 0) is 4.74 Å². The van der Waals surface area contributed by atoms with Gasteiger partial charge in [-0.2, -0.15) is 0 Å². The lowest BCUT2D eigenvalue weighted by molar-refractivity contribution is 0.0594. The first-order valence-corrected chi connectivity index (χ1v) is 8.69. The molecule has 0 spiro atoms. The number of fused-ring (bicyclic) bond motifs is 1. The van der Waals surface area contributed by atoms with Gasteiger partial charge in [-0.05, 0) is 31.7 Å². The molecule has 24 heavy (non-hydrogen) atoms. The Labute approximate surface area is 142 Å². The van der Waals surface area contributed by atoms with E-state index in [2.05, 4.69) is 27.3 Å². The largest absolute Gasteiger partial charge is 0.464 e. The van der Waals surface area contributed by atoms with Crippen LogP contribution in [0.3, 0.4) is 0 Å². The maximum atomic E-state index is 11.8. The summed E-state index contributed by atoms with van der Waals surface area (Å²) in [6.45, 7) is 2.17. The fraction of sp³-hybridized carbons (Fsp3) is 0.375. The number of esters is 1. The first kappa shape index (κ1) is 15.1. The molecule has 7 nitrogen and oxygen atoms in total. The Morgan fingerprint density at radius 1 is 1.50 bits per heavy atom. The molecule has 1 aliphatic carbocycles. The minimum atomic E-state index is -0.478. The third kappa shape index (κ3) is 2.62. The van der Waals surface area contributed by atoms with Crippen LogP contribution in [0.15, 0.2) is 23.8 Å². The van der Waals surface area contributed by atoms with Crippen LogP contribution in [0, 0.1) is 5.92 Å². The summed E-state index contributed by atoms with van der Waals surface area (Å²) in [5.74, 6) is 1.44. The highest BCUT2D eigenvalue weighted by Gasteiger charge is 2.30. The van der Waals surface area contributed by atoms with Crippen molar-refractivity contribution in [3.05, 3.63) is 29.5 Å². The van der Waals surface area contributed by atoms with E-state index in [0.29, 0.717) is 17.8 Å². The molecule has 1 fully saturated rings. The second-order valence-corrected chi connectivity index (χ2v) is 6.80. The molecule has 4 rings (SSSR count). The molecule has 0 unspecified atom stereocenters. The fourth-order valence-electron chi connectivity index (χ4n) is 2.72. The van der Waals surface area contributed by atoms with Gasteiger partial charge in [0, 0.05) is 23.8 Å². The second kappa shape index (κ2) is 5.86. The van der Waals surface area contributed by atoms with Gasteiger partial charge >= 0.3 is 5.97 Å². The summed E-state index contributed by atoms with van der Waals surface area (Å²) in [6.07, 6.45) is 5.97. The number of carbonyl (C=O) groups excluding carboxylic acids is 1. The van der Waals surface area contributed by atoms with Crippen LogP contribution in [0.1, 0.15) is 30.3 Å². The topological polar surface area (TPSA) is 81.4 Å². The number of nitrogens with zero attached hydrogens (tertiary/aromatic N) is 4. The molecule has 1 N–H and O–H groups in total. The predicted octanol–water partition coefficient (Wildman–Crippen LogP) is 2.85. The Morgan fingerprint density at radius 3 is 3.08 bits per heavy atom. The quantitative estimate of drug-likeness (QED) is 0.718. The van der Waals surface area contributed by atoms with Crippen molar-refractivity contribution in [3.63, 3.8) is 0 Å². The molecule has 0 aromatic carbocycles. The third-order valence-electron chi connectivity index (χ3n) is 4.22. The number of methoxy groups -OCH3 is 1. The van der Waals surface area contributed by atoms with Gasteiger partial charge in [-0.15, -0.1) is 16.4 Å². The Bertz CT molecular complexity index is 899. The van der Waals surface area contributed by atoms with Crippen LogP contribution in [0.4, 0.5) is 5.82 Å². The summed E-state index contributed by atoms with van der Waals surface area (Å²) in [5.41, 5.74) is 1.06. The minimum Gasteiger partial charge on any atom is -0.464 e. The number of hydrogen-bond acceptors (Lipinski definition) is 7. The Hall–Kier alpha value is -2.48. The van der Waals surface area contributed by atoms with E-state index < -0.39 is 5.97 Å². The van der Waals surface area contributed by atoms with E-state index in [9.17, 15) is 4.79 Å². The number of nitrogens with one attached hydrogen (secondary N) is 1. The molecule has 0 bridgehead atoms. The second-order valence-electron chi connectivity index (χ2n) is 5.90. The van der Waals surface area contributed by atoms with E-state index >= 15 is 0 Å². The van der Waals surface area contributed by atoms with Gasteiger partial charge in [-0.1, -0.05) is 0 Å². The van der Waals surface area contributed by atoms with Crippen molar-refractivity contribution in [3.8, 4) is 11.4 Å². The normalized spacial score (nSPS) is 15.4. The molecule has 1 aliphatic rings. The zero-order valence-corrected chi connectivity index (χ0v) is 14.2. The van der Waals surface area contributed by atoms with Gasteiger partial charge < -0.3 is 10.1 Å². The molecular formula is C16H17N5O2S. The van der Waals surface area contributed by atoms with Gasteiger partial charge in [0.2, 0.25) is 0 Å². The van der Waals surface area contributed by atoms with E-state index in [-0.39, 0.29) is 5.69 Å². The molecule has 0 amide bonds. The Kier molecular flexibility index (Phi) is 3.68. The molecule has 3 heterocycles. The smallest absolute Gasteiger partial charge is 0.356 e. The monoisotopic (exact) mass is 343 g/mol. The van der Waals surface area contributed by atoms with Gasteiger partial charge in [0.15, 0.2) is 17.3 Å². The summed E-state index contributed by atoms with van der Waals surface area (Å²) in [6, 6.07) is 1.89. The minimum absolute atomic E-state index is 0.236. The standard InChI is InChI=1S/C16H17N5O2S/c1-9(10-3-4-10)18-14-12(15-21(20-14)7-8-24-15)13-17-6-5-11(19-13)16(22)23-2/h5-10H,3-4H2,1-2H3,(H,18,20)/t9-/m0/s1. The van der Waals surface area contributed by atoms with E-state index in [1.54, 1.807) is 23.6 Å². The van der Waals surface area contributed by atoms with Crippen LogP contribution in [0.5, 0.6) is 0 Å². The summed E-state index contributed by atoms with van der Waals surface area (Å²) < 4.78 is 6.57. The molecule has 3 aromatic heterocycles. The van der Waals surface area contributed by atoms with Crippen LogP contribution in [0.2, 0.25) is 0 Å². The molecule has 8 heteroatoms. The van der Waals surface area contributed by atoms with Crippen molar-refractivity contribution in [2.75, 3.05) is 12.4 Å². The summed E-state index contributed by atoms with van der Waals surface area (Å²) >= 11 is 1.57. The molecule has 1 saturated carbocycles. The summed E-state index contributed by atoms with van der Waals surface area (Å²) in [4.78, 5) is 21.4. The number of hydrogen-bond donors (Lipinski definition) is 1. The fourth-order valence-corrected chi connectivity index (χ4v) is 3.54. The number of rotatable bonds is 5.